The van der Waals surface area contributed by atoms with Gasteiger partial charge in [-0.2, -0.15) is 4.98 Å². The molecule has 1 heterocycles. The Kier molecular flexibility index (Phi) is 5.20. The van der Waals surface area contributed by atoms with Gasteiger partial charge in [-0.05, 0) is 12.8 Å². The lowest BCUT2D eigenvalue weighted by molar-refractivity contribution is 0.0347. The van der Waals surface area contributed by atoms with E-state index in [1.54, 1.807) is 19.4 Å². The second-order valence-electron chi connectivity index (χ2n) is 4.48. The summed E-state index contributed by atoms with van der Waals surface area (Å²) in [7, 11) is 1.60. The summed E-state index contributed by atoms with van der Waals surface area (Å²) >= 11 is 0. The second-order valence-corrected chi connectivity index (χ2v) is 4.48. The van der Waals surface area contributed by atoms with Gasteiger partial charge in [0, 0.05) is 18.8 Å². The molecule has 0 bridgehead atoms. The SMILES string of the molecule is COc1ccnc(NCCOC2CCCCC2)n1. The number of nitrogens with one attached hydrogen (secondary N) is 1. The van der Waals surface area contributed by atoms with E-state index in [4.69, 9.17) is 9.47 Å². The molecular weight excluding hydrogens is 230 g/mol. The fourth-order valence-electron chi connectivity index (χ4n) is 2.16. The molecule has 0 atom stereocenters. The van der Waals surface area contributed by atoms with Crippen LogP contribution < -0.4 is 10.1 Å². The Hall–Kier alpha value is -1.36. The van der Waals surface area contributed by atoms with Crippen molar-refractivity contribution in [3.05, 3.63) is 12.3 Å². The molecule has 5 nitrogen and oxygen atoms in total. The highest BCUT2D eigenvalue weighted by atomic mass is 16.5. The van der Waals surface area contributed by atoms with E-state index >= 15 is 0 Å². The first-order valence-electron chi connectivity index (χ1n) is 6.61. The maximum absolute atomic E-state index is 5.81. The van der Waals surface area contributed by atoms with Gasteiger partial charge in [0.25, 0.3) is 0 Å². The first-order chi connectivity index (χ1) is 8.88. The molecule has 2 rings (SSSR count). The van der Waals surface area contributed by atoms with Gasteiger partial charge >= 0.3 is 0 Å². The van der Waals surface area contributed by atoms with Crippen molar-refractivity contribution in [3.63, 3.8) is 0 Å². The van der Waals surface area contributed by atoms with E-state index in [0.717, 1.165) is 6.54 Å². The molecule has 1 aromatic rings. The Morgan fingerprint density at radius 3 is 2.94 bits per heavy atom. The third-order valence-corrected chi connectivity index (χ3v) is 3.13. The van der Waals surface area contributed by atoms with Gasteiger partial charge in [0.1, 0.15) is 0 Å². The predicted molar refractivity (Wildman–Crippen MR) is 69.9 cm³/mol. The van der Waals surface area contributed by atoms with E-state index in [9.17, 15) is 0 Å². The fourth-order valence-corrected chi connectivity index (χ4v) is 2.16. The molecule has 1 saturated carbocycles. The van der Waals surface area contributed by atoms with Gasteiger partial charge in [0.2, 0.25) is 11.8 Å². The zero-order valence-corrected chi connectivity index (χ0v) is 10.9. The maximum atomic E-state index is 5.81. The van der Waals surface area contributed by atoms with Crippen LogP contribution in [-0.2, 0) is 4.74 Å². The van der Waals surface area contributed by atoms with Crippen LogP contribution in [0.5, 0.6) is 5.88 Å². The van der Waals surface area contributed by atoms with Crippen LogP contribution >= 0.6 is 0 Å². The van der Waals surface area contributed by atoms with E-state index in [1.807, 2.05) is 0 Å². The Morgan fingerprint density at radius 1 is 1.33 bits per heavy atom. The fraction of sp³-hybridized carbons (Fsp3) is 0.692. The van der Waals surface area contributed by atoms with Crippen molar-refractivity contribution in [2.75, 3.05) is 25.6 Å². The van der Waals surface area contributed by atoms with Gasteiger partial charge < -0.3 is 14.8 Å². The number of aromatic nitrogens is 2. The van der Waals surface area contributed by atoms with Gasteiger partial charge in [-0.25, -0.2) is 4.98 Å². The minimum atomic E-state index is 0.451. The highest BCUT2D eigenvalue weighted by Crippen LogP contribution is 2.19. The first-order valence-corrected chi connectivity index (χ1v) is 6.61. The maximum Gasteiger partial charge on any atom is 0.226 e. The molecule has 0 saturated heterocycles. The normalized spacial score (nSPS) is 16.5. The number of rotatable bonds is 6. The van der Waals surface area contributed by atoms with Crippen LogP contribution in [0.15, 0.2) is 12.3 Å². The average Bonchev–Trinajstić information content (AvgIpc) is 2.45. The van der Waals surface area contributed by atoms with E-state index < -0.39 is 0 Å². The molecule has 0 aliphatic heterocycles. The summed E-state index contributed by atoms with van der Waals surface area (Å²) in [6, 6.07) is 1.73. The average molecular weight is 251 g/mol. The summed E-state index contributed by atoms with van der Waals surface area (Å²) in [5.41, 5.74) is 0. The van der Waals surface area contributed by atoms with Gasteiger partial charge in [0.15, 0.2) is 0 Å². The number of methoxy groups -OCH3 is 1. The molecule has 1 aliphatic rings. The number of ether oxygens (including phenoxy) is 2. The number of hydrogen-bond donors (Lipinski definition) is 1. The molecule has 1 N–H and O–H groups in total. The zero-order valence-electron chi connectivity index (χ0n) is 10.9. The summed E-state index contributed by atoms with van der Waals surface area (Å²) in [4.78, 5) is 8.29. The number of hydrogen-bond acceptors (Lipinski definition) is 5. The molecule has 18 heavy (non-hydrogen) atoms. The van der Waals surface area contributed by atoms with Crippen LogP contribution in [0.1, 0.15) is 32.1 Å². The molecule has 0 spiro atoms. The van der Waals surface area contributed by atoms with Crippen molar-refractivity contribution in [2.45, 2.75) is 38.2 Å². The zero-order chi connectivity index (χ0) is 12.6. The van der Waals surface area contributed by atoms with Gasteiger partial charge in [-0.3, -0.25) is 0 Å². The molecule has 0 unspecified atom stereocenters. The van der Waals surface area contributed by atoms with Gasteiger partial charge in [-0.15, -0.1) is 0 Å². The Morgan fingerprint density at radius 2 is 2.17 bits per heavy atom. The van der Waals surface area contributed by atoms with Crippen LogP contribution in [0.4, 0.5) is 5.95 Å². The van der Waals surface area contributed by atoms with Crippen LogP contribution in [-0.4, -0.2) is 36.3 Å². The molecule has 100 valence electrons. The highest BCUT2D eigenvalue weighted by molar-refractivity contribution is 5.27. The van der Waals surface area contributed by atoms with Crippen molar-refractivity contribution >= 4 is 5.95 Å². The molecule has 0 amide bonds. The van der Waals surface area contributed by atoms with Crippen molar-refractivity contribution < 1.29 is 9.47 Å². The Balaban J connectivity index is 1.65. The van der Waals surface area contributed by atoms with Crippen LogP contribution in [0, 0.1) is 0 Å². The first kappa shape index (κ1) is 13.1. The lowest BCUT2D eigenvalue weighted by Gasteiger charge is -2.21. The van der Waals surface area contributed by atoms with Crippen LogP contribution in [0.3, 0.4) is 0 Å². The second kappa shape index (κ2) is 7.16. The quantitative estimate of drug-likeness (QED) is 0.786. The van der Waals surface area contributed by atoms with Crippen molar-refractivity contribution in [3.8, 4) is 5.88 Å². The number of nitrogens with zero attached hydrogens (tertiary/aromatic N) is 2. The van der Waals surface area contributed by atoms with Crippen LogP contribution in [0.25, 0.3) is 0 Å². The largest absolute Gasteiger partial charge is 0.481 e. The van der Waals surface area contributed by atoms with E-state index in [0.29, 0.717) is 24.5 Å². The minimum absolute atomic E-state index is 0.451. The molecule has 0 aromatic carbocycles. The van der Waals surface area contributed by atoms with Crippen molar-refractivity contribution in [2.24, 2.45) is 0 Å². The Bertz CT molecular complexity index is 354. The molecule has 1 aromatic heterocycles. The highest BCUT2D eigenvalue weighted by Gasteiger charge is 2.12. The van der Waals surface area contributed by atoms with Crippen LogP contribution in [0.2, 0.25) is 0 Å². The topological polar surface area (TPSA) is 56.3 Å². The summed E-state index contributed by atoms with van der Waals surface area (Å²) in [6.45, 7) is 1.43. The predicted octanol–water partition coefficient (Wildman–Crippen LogP) is 2.25. The molecular formula is C13H21N3O2. The smallest absolute Gasteiger partial charge is 0.226 e. The molecule has 1 aliphatic carbocycles. The Labute approximate surface area is 108 Å². The van der Waals surface area contributed by atoms with E-state index in [-0.39, 0.29) is 0 Å². The molecule has 5 heteroatoms. The molecule has 1 fully saturated rings. The monoisotopic (exact) mass is 251 g/mol. The van der Waals surface area contributed by atoms with Gasteiger partial charge in [-0.1, -0.05) is 19.3 Å². The van der Waals surface area contributed by atoms with Gasteiger partial charge in [0.05, 0.1) is 19.8 Å². The lowest BCUT2D eigenvalue weighted by atomic mass is 9.98. The van der Waals surface area contributed by atoms with E-state index in [2.05, 4.69) is 15.3 Å². The summed E-state index contributed by atoms with van der Waals surface area (Å²) < 4.78 is 10.8. The lowest BCUT2D eigenvalue weighted by Crippen LogP contribution is -2.21. The minimum Gasteiger partial charge on any atom is -0.481 e. The van der Waals surface area contributed by atoms with Crippen molar-refractivity contribution in [1.82, 2.24) is 9.97 Å². The third-order valence-electron chi connectivity index (χ3n) is 3.13. The molecule has 0 radical (unpaired) electrons. The third kappa shape index (κ3) is 4.14. The summed E-state index contributed by atoms with van der Waals surface area (Å²) in [5.74, 6) is 1.15. The van der Waals surface area contributed by atoms with E-state index in [1.165, 1.54) is 32.1 Å². The summed E-state index contributed by atoms with van der Waals surface area (Å²) in [5, 5.41) is 3.13. The number of anilines is 1. The summed E-state index contributed by atoms with van der Waals surface area (Å²) in [6.07, 6.45) is 8.50. The van der Waals surface area contributed by atoms with Crippen molar-refractivity contribution in [1.29, 1.82) is 0 Å². The standard InChI is InChI=1S/C13H21N3O2/c1-17-12-7-8-14-13(16-12)15-9-10-18-11-5-3-2-4-6-11/h7-8,11H,2-6,9-10H2,1H3,(H,14,15,16).